The molecule has 1 N–H and O–H groups in total. The van der Waals surface area contributed by atoms with Crippen molar-refractivity contribution in [1.29, 1.82) is 0 Å². The summed E-state index contributed by atoms with van der Waals surface area (Å²) in [4.78, 5) is 21.2. The van der Waals surface area contributed by atoms with E-state index in [0.29, 0.717) is 12.8 Å². The van der Waals surface area contributed by atoms with Crippen LogP contribution in [0.15, 0.2) is 0 Å². The first-order chi connectivity index (χ1) is 8.44. The molecule has 0 aromatic carbocycles. The van der Waals surface area contributed by atoms with Gasteiger partial charge in [-0.3, -0.25) is 4.79 Å². The van der Waals surface area contributed by atoms with Gasteiger partial charge in [0.15, 0.2) is 0 Å². The van der Waals surface area contributed by atoms with Gasteiger partial charge in [-0.1, -0.05) is 41.5 Å². The van der Waals surface area contributed by atoms with Crippen LogP contribution in [-0.4, -0.2) is 23.6 Å². The first-order valence-electron chi connectivity index (χ1n) is 6.98. The van der Waals surface area contributed by atoms with E-state index in [9.17, 15) is 4.79 Å². The molecular weight excluding hydrogens is 259 g/mol. The second-order valence-corrected chi connectivity index (χ2v) is 8.53. The molecule has 19 heavy (non-hydrogen) atoms. The van der Waals surface area contributed by atoms with E-state index in [4.69, 9.17) is 9.63 Å². The number of rotatable bonds is 6. The van der Waals surface area contributed by atoms with Crippen molar-refractivity contribution in [3.63, 3.8) is 0 Å². The third-order valence-corrected chi connectivity index (χ3v) is 4.23. The molecule has 0 aliphatic heterocycles. The molecule has 0 radical (unpaired) electrons. The molecule has 0 fully saturated rings. The summed E-state index contributed by atoms with van der Waals surface area (Å²) in [6.45, 7) is 15.1. The van der Waals surface area contributed by atoms with Gasteiger partial charge in [0.1, 0.15) is 0 Å². The number of hydrogen-bond acceptors (Lipinski definition) is 3. The van der Waals surface area contributed by atoms with Crippen molar-refractivity contribution >= 4 is 14.8 Å². The predicted octanol–water partition coefficient (Wildman–Crippen LogP) is 3.99. The predicted molar refractivity (Wildman–Crippen MR) is 82.6 cm³/mol. The summed E-state index contributed by atoms with van der Waals surface area (Å²) in [6.07, 6.45) is 2.24. The molecule has 0 amide bonds. The molecule has 0 aromatic rings. The summed E-state index contributed by atoms with van der Waals surface area (Å²) in [7, 11) is -0.0632. The van der Waals surface area contributed by atoms with Crippen LogP contribution in [0, 0.1) is 16.2 Å². The lowest BCUT2D eigenvalue weighted by Crippen LogP contribution is -2.44. The van der Waals surface area contributed by atoms with Crippen LogP contribution >= 0.6 is 8.81 Å². The van der Waals surface area contributed by atoms with E-state index < -0.39 is 5.41 Å². The summed E-state index contributed by atoms with van der Waals surface area (Å²) in [5.41, 5.74) is -0.559. The average Bonchev–Trinajstić information content (AvgIpc) is 2.20. The molecule has 0 aliphatic carbocycles. The van der Waals surface area contributed by atoms with Gasteiger partial charge >= 0.3 is 5.97 Å². The Morgan fingerprint density at radius 1 is 1.11 bits per heavy atom. The molecule has 0 rings (SSSR count). The minimum atomic E-state index is -0.493. The lowest BCUT2D eigenvalue weighted by Gasteiger charge is -2.43. The Morgan fingerprint density at radius 3 is 2.00 bits per heavy atom. The molecule has 0 heterocycles. The van der Waals surface area contributed by atoms with E-state index in [1.807, 2.05) is 6.92 Å². The molecule has 0 aliphatic rings. The molecule has 4 heteroatoms. The van der Waals surface area contributed by atoms with Gasteiger partial charge in [0.05, 0.1) is 12.0 Å². The van der Waals surface area contributed by atoms with Crippen LogP contribution in [0.4, 0.5) is 0 Å². The zero-order valence-electron chi connectivity index (χ0n) is 13.6. The van der Waals surface area contributed by atoms with Gasteiger partial charge in [-0.25, -0.2) is 0 Å². The van der Waals surface area contributed by atoms with Gasteiger partial charge in [0.2, 0.25) is 0 Å². The fraction of sp³-hybridized carbons (Fsp3) is 0.933. The van der Waals surface area contributed by atoms with Gasteiger partial charge in [-0.2, -0.15) is 0 Å². The van der Waals surface area contributed by atoms with Gasteiger partial charge in [0, 0.05) is 8.81 Å². The standard InChI is InChI=1S/C15H31O3P/c1-13(2,3)11-15(7,14(4,5)6)12(16)18-9-8-10-19-17/h17,19H,8-11H2,1-7H3. The maximum Gasteiger partial charge on any atom is 0.312 e. The van der Waals surface area contributed by atoms with Crippen molar-refractivity contribution in [3.8, 4) is 0 Å². The Hall–Kier alpha value is -0.140. The first kappa shape index (κ1) is 18.9. The number of ether oxygens (including phenoxy) is 1. The summed E-state index contributed by atoms with van der Waals surface area (Å²) < 4.78 is 5.44. The second kappa shape index (κ2) is 7.04. The van der Waals surface area contributed by atoms with Crippen LogP contribution in [0.25, 0.3) is 0 Å². The van der Waals surface area contributed by atoms with E-state index in [1.54, 1.807) is 0 Å². The fourth-order valence-corrected chi connectivity index (χ4v) is 2.48. The summed E-state index contributed by atoms with van der Waals surface area (Å²) in [5.74, 6) is -0.115. The third-order valence-electron chi connectivity index (χ3n) is 3.66. The number of hydrogen-bond donors (Lipinski definition) is 1. The van der Waals surface area contributed by atoms with Gasteiger partial charge in [0.25, 0.3) is 0 Å². The molecule has 0 spiro atoms. The molecule has 2 atom stereocenters. The Morgan fingerprint density at radius 2 is 1.63 bits per heavy atom. The maximum absolute atomic E-state index is 12.5. The van der Waals surface area contributed by atoms with Crippen molar-refractivity contribution in [2.45, 2.75) is 61.3 Å². The summed E-state index contributed by atoms with van der Waals surface area (Å²) in [6, 6.07) is 0. The molecule has 0 aromatic heterocycles. The van der Waals surface area contributed by atoms with Gasteiger partial charge in [-0.15, -0.1) is 0 Å². The molecule has 0 saturated carbocycles. The van der Waals surface area contributed by atoms with Crippen molar-refractivity contribution in [3.05, 3.63) is 0 Å². The fourth-order valence-electron chi connectivity index (χ4n) is 2.18. The van der Waals surface area contributed by atoms with E-state index in [0.717, 1.165) is 12.8 Å². The van der Waals surface area contributed by atoms with Crippen LogP contribution in [0.2, 0.25) is 0 Å². The Kier molecular flexibility index (Phi) is 6.99. The van der Waals surface area contributed by atoms with E-state index in [1.165, 1.54) is 0 Å². The quantitative estimate of drug-likeness (QED) is 0.457. The smallest absolute Gasteiger partial charge is 0.312 e. The molecular formula is C15H31O3P. The molecule has 0 bridgehead atoms. The maximum atomic E-state index is 12.5. The highest BCUT2D eigenvalue weighted by molar-refractivity contribution is 7.31. The van der Waals surface area contributed by atoms with Crippen LogP contribution < -0.4 is 0 Å². The monoisotopic (exact) mass is 290 g/mol. The van der Waals surface area contributed by atoms with E-state index in [-0.39, 0.29) is 25.6 Å². The van der Waals surface area contributed by atoms with Gasteiger partial charge in [-0.05, 0) is 36.8 Å². The Bertz CT molecular complexity index is 289. The van der Waals surface area contributed by atoms with Crippen LogP contribution in [0.3, 0.4) is 0 Å². The largest absolute Gasteiger partial charge is 0.465 e. The topological polar surface area (TPSA) is 46.5 Å². The lowest BCUT2D eigenvalue weighted by molar-refractivity contribution is -0.164. The van der Waals surface area contributed by atoms with Crippen molar-refractivity contribution in [2.75, 3.05) is 12.8 Å². The Labute approximate surface area is 120 Å². The average molecular weight is 290 g/mol. The van der Waals surface area contributed by atoms with Crippen molar-refractivity contribution in [2.24, 2.45) is 16.2 Å². The van der Waals surface area contributed by atoms with Crippen molar-refractivity contribution < 1.29 is 14.4 Å². The third kappa shape index (κ3) is 6.23. The number of esters is 1. The van der Waals surface area contributed by atoms with Crippen LogP contribution in [-0.2, 0) is 9.53 Å². The molecule has 2 unspecified atom stereocenters. The highest BCUT2D eigenvalue weighted by atomic mass is 31.1. The lowest BCUT2D eigenvalue weighted by atomic mass is 9.61. The zero-order chi connectivity index (χ0) is 15.3. The number of carbonyl (C=O) groups is 1. The molecule has 0 saturated heterocycles. The molecule has 3 nitrogen and oxygen atoms in total. The number of carbonyl (C=O) groups excluding carboxylic acids is 1. The Balaban J connectivity index is 4.81. The SMILES string of the molecule is CC(C)(C)CC(C)(C(=O)OCCCPO)C(C)(C)C. The highest BCUT2D eigenvalue weighted by Crippen LogP contribution is 2.47. The summed E-state index contributed by atoms with van der Waals surface area (Å²) in [5, 5.41) is 0. The van der Waals surface area contributed by atoms with Crippen LogP contribution in [0.5, 0.6) is 0 Å². The van der Waals surface area contributed by atoms with Crippen LogP contribution in [0.1, 0.15) is 61.3 Å². The minimum Gasteiger partial charge on any atom is -0.465 e. The first-order valence-corrected chi connectivity index (χ1v) is 8.14. The second-order valence-electron chi connectivity index (χ2n) is 7.72. The normalized spacial score (nSPS) is 16.6. The zero-order valence-corrected chi connectivity index (χ0v) is 14.6. The minimum absolute atomic E-state index is 0.0632. The van der Waals surface area contributed by atoms with E-state index in [2.05, 4.69) is 41.5 Å². The highest BCUT2D eigenvalue weighted by Gasteiger charge is 2.47. The van der Waals surface area contributed by atoms with Gasteiger partial charge < -0.3 is 9.63 Å². The molecule has 114 valence electrons. The summed E-state index contributed by atoms with van der Waals surface area (Å²) >= 11 is 0. The van der Waals surface area contributed by atoms with E-state index >= 15 is 0 Å². The van der Waals surface area contributed by atoms with Crippen molar-refractivity contribution in [1.82, 2.24) is 0 Å².